The molecule has 0 unspecified atom stereocenters. The van der Waals surface area contributed by atoms with Crippen LogP contribution in [0, 0.1) is 6.92 Å². The number of rotatable bonds is 2. The van der Waals surface area contributed by atoms with Crippen LogP contribution >= 0.6 is 0 Å². The van der Waals surface area contributed by atoms with Crippen molar-refractivity contribution in [2.45, 2.75) is 51.6 Å². The van der Waals surface area contributed by atoms with Gasteiger partial charge in [0.15, 0.2) is 0 Å². The van der Waals surface area contributed by atoms with Crippen molar-refractivity contribution in [3.05, 3.63) is 34.9 Å². The summed E-state index contributed by atoms with van der Waals surface area (Å²) < 4.78 is 6.01. The molecule has 1 fully saturated rings. The van der Waals surface area contributed by atoms with Gasteiger partial charge in [0.1, 0.15) is 0 Å². The van der Waals surface area contributed by atoms with Gasteiger partial charge in [0, 0.05) is 32.0 Å². The number of aryl methyl sites for hydroxylation is 1. The molecule has 1 atom stereocenters. The molecule has 0 bridgehead atoms. The van der Waals surface area contributed by atoms with Crippen molar-refractivity contribution in [1.29, 1.82) is 0 Å². The second-order valence-electron chi connectivity index (χ2n) is 6.53. The molecule has 1 spiro atoms. The van der Waals surface area contributed by atoms with Crippen LogP contribution in [0.3, 0.4) is 0 Å². The lowest BCUT2D eigenvalue weighted by Gasteiger charge is -2.40. The highest BCUT2D eigenvalue weighted by atomic mass is 16.5. The normalized spacial score (nSPS) is 23.4. The minimum atomic E-state index is 0.202. The topological polar surface area (TPSA) is 29.5 Å². The minimum Gasteiger partial charge on any atom is -0.374 e. The van der Waals surface area contributed by atoms with E-state index in [2.05, 4.69) is 32.0 Å². The molecule has 2 aliphatic rings. The summed E-state index contributed by atoms with van der Waals surface area (Å²) in [6.07, 6.45) is 3.43. The summed E-state index contributed by atoms with van der Waals surface area (Å²) in [6, 6.07) is 6.81. The van der Waals surface area contributed by atoms with Gasteiger partial charge in [-0.25, -0.2) is 0 Å². The van der Waals surface area contributed by atoms with Gasteiger partial charge < -0.3 is 9.64 Å². The molecule has 114 valence electrons. The van der Waals surface area contributed by atoms with E-state index in [0.29, 0.717) is 0 Å². The van der Waals surface area contributed by atoms with Crippen LogP contribution in [0.4, 0.5) is 0 Å². The number of piperidine rings is 1. The lowest BCUT2D eigenvalue weighted by Crippen LogP contribution is -2.43. The second-order valence-corrected chi connectivity index (χ2v) is 6.53. The van der Waals surface area contributed by atoms with Gasteiger partial charge in [0.2, 0.25) is 5.91 Å². The Labute approximate surface area is 127 Å². The SMILES string of the molecule is CCO[C@@H]1CC2(CCN(C(C)=O)CC2)c2ccc(C)cc21. The van der Waals surface area contributed by atoms with E-state index in [1.807, 2.05) is 4.90 Å². The number of carbonyl (C=O) groups excluding carboxylic acids is 1. The maximum absolute atomic E-state index is 11.6. The van der Waals surface area contributed by atoms with E-state index < -0.39 is 0 Å². The Morgan fingerprint density at radius 3 is 2.71 bits per heavy atom. The number of fused-ring (bicyclic) bond motifs is 2. The standard InChI is InChI=1S/C18H25NO2/c1-4-21-17-12-18(7-9-19(10-8-18)14(3)20)16-6-5-13(2)11-15(16)17/h5-6,11,17H,4,7-10,12H2,1-3H3/t17-/m1/s1. The number of hydrogen-bond acceptors (Lipinski definition) is 2. The predicted octanol–water partition coefficient (Wildman–Crippen LogP) is 3.36. The Hall–Kier alpha value is -1.35. The van der Waals surface area contributed by atoms with Crippen LogP contribution in [0.15, 0.2) is 18.2 Å². The number of nitrogens with zero attached hydrogens (tertiary/aromatic N) is 1. The van der Waals surface area contributed by atoms with Crippen molar-refractivity contribution in [3.63, 3.8) is 0 Å². The van der Waals surface area contributed by atoms with Crippen molar-refractivity contribution in [2.75, 3.05) is 19.7 Å². The smallest absolute Gasteiger partial charge is 0.219 e. The number of carbonyl (C=O) groups is 1. The maximum Gasteiger partial charge on any atom is 0.219 e. The highest BCUT2D eigenvalue weighted by Gasteiger charge is 2.46. The highest BCUT2D eigenvalue weighted by molar-refractivity contribution is 5.73. The van der Waals surface area contributed by atoms with Gasteiger partial charge in [-0.1, -0.05) is 23.8 Å². The fourth-order valence-corrected chi connectivity index (χ4v) is 4.08. The zero-order chi connectivity index (χ0) is 15.0. The van der Waals surface area contributed by atoms with E-state index >= 15 is 0 Å². The van der Waals surface area contributed by atoms with Gasteiger partial charge in [-0.2, -0.15) is 0 Å². The molecule has 3 heteroatoms. The Morgan fingerprint density at radius 2 is 2.10 bits per heavy atom. The van der Waals surface area contributed by atoms with Crippen LogP contribution in [-0.4, -0.2) is 30.5 Å². The Morgan fingerprint density at radius 1 is 1.38 bits per heavy atom. The predicted molar refractivity (Wildman–Crippen MR) is 83.3 cm³/mol. The number of hydrogen-bond donors (Lipinski definition) is 0. The van der Waals surface area contributed by atoms with Crippen molar-refractivity contribution in [2.24, 2.45) is 0 Å². The summed E-state index contributed by atoms with van der Waals surface area (Å²) >= 11 is 0. The molecule has 1 aromatic carbocycles. The molecule has 21 heavy (non-hydrogen) atoms. The van der Waals surface area contributed by atoms with Gasteiger partial charge >= 0.3 is 0 Å². The third-order valence-corrected chi connectivity index (χ3v) is 5.24. The maximum atomic E-state index is 11.6. The fourth-order valence-electron chi connectivity index (χ4n) is 4.08. The first kappa shape index (κ1) is 14.6. The second kappa shape index (κ2) is 5.45. The van der Waals surface area contributed by atoms with Crippen LogP contribution in [0.1, 0.15) is 55.9 Å². The molecule has 3 rings (SSSR count). The third-order valence-electron chi connectivity index (χ3n) is 5.24. The molecular weight excluding hydrogens is 262 g/mol. The Balaban J connectivity index is 1.90. The molecule has 1 aliphatic carbocycles. The van der Waals surface area contributed by atoms with Crippen molar-refractivity contribution in [3.8, 4) is 0 Å². The van der Waals surface area contributed by atoms with Crippen LogP contribution < -0.4 is 0 Å². The molecule has 0 N–H and O–H groups in total. The molecule has 1 amide bonds. The molecule has 0 radical (unpaired) electrons. The van der Waals surface area contributed by atoms with Crippen LogP contribution in [0.2, 0.25) is 0 Å². The molecule has 1 aliphatic heterocycles. The fraction of sp³-hybridized carbons (Fsp3) is 0.611. The largest absolute Gasteiger partial charge is 0.374 e. The summed E-state index contributed by atoms with van der Waals surface area (Å²) in [5.74, 6) is 0.202. The molecule has 0 aromatic heterocycles. The summed E-state index contributed by atoms with van der Waals surface area (Å²) in [6.45, 7) is 8.40. The van der Waals surface area contributed by atoms with Gasteiger partial charge in [0.05, 0.1) is 6.10 Å². The van der Waals surface area contributed by atoms with E-state index in [9.17, 15) is 4.79 Å². The number of amides is 1. The van der Waals surface area contributed by atoms with E-state index in [1.54, 1.807) is 6.92 Å². The minimum absolute atomic E-state index is 0.202. The van der Waals surface area contributed by atoms with Crippen molar-refractivity contribution in [1.82, 2.24) is 4.90 Å². The molecule has 1 heterocycles. The average Bonchev–Trinajstić information content (AvgIpc) is 2.73. The molecule has 1 aromatic rings. The van der Waals surface area contributed by atoms with Gasteiger partial charge in [-0.3, -0.25) is 4.79 Å². The monoisotopic (exact) mass is 287 g/mol. The summed E-state index contributed by atoms with van der Waals surface area (Å²) in [5.41, 5.74) is 4.37. The van der Waals surface area contributed by atoms with Gasteiger partial charge in [-0.15, -0.1) is 0 Å². The van der Waals surface area contributed by atoms with Crippen LogP contribution in [0.25, 0.3) is 0 Å². The molecule has 0 saturated carbocycles. The Kier molecular flexibility index (Phi) is 3.78. The van der Waals surface area contributed by atoms with Crippen LogP contribution in [0.5, 0.6) is 0 Å². The molecule has 3 nitrogen and oxygen atoms in total. The lowest BCUT2D eigenvalue weighted by molar-refractivity contribution is -0.130. The zero-order valence-electron chi connectivity index (χ0n) is 13.3. The average molecular weight is 287 g/mol. The number of likely N-dealkylation sites (tertiary alicyclic amines) is 1. The van der Waals surface area contributed by atoms with E-state index in [4.69, 9.17) is 4.74 Å². The zero-order valence-corrected chi connectivity index (χ0v) is 13.3. The third kappa shape index (κ3) is 2.48. The quantitative estimate of drug-likeness (QED) is 0.835. The summed E-state index contributed by atoms with van der Waals surface area (Å²) in [7, 11) is 0. The van der Waals surface area contributed by atoms with Gasteiger partial charge in [0.25, 0.3) is 0 Å². The van der Waals surface area contributed by atoms with Gasteiger partial charge in [-0.05, 0) is 44.2 Å². The molecule has 1 saturated heterocycles. The van der Waals surface area contributed by atoms with E-state index in [0.717, 1.165) is 39.0 Å². The number of ether oxygens (including phenoxy) is 1. The summed E-state index contributed by atoms with van der Waals surface area (Å²) in [5, 5.41) is 0. The first-order valence-corrected chi connectivity index (χ1v) is 8.04. The first-order valence-electron chi connectivity index (χ1n) is 8.04. The first-order chi connectivity index (χ1) is 10.1. The molecular formula is C18H25NO2. The summed E-state index contributed by atoms with van der Waals surface area (Å²) in [4.78, 5) is 13.5. The van der Waals surface area contributed by atoms with Crippen molar-refractivity contribution < 1.29 is 9.53 Å². The van der Waals surface area contributed by atoms with E-state index in [-0.39, 0.29) is 17.4 Å². The van der Waals surface area contributed by atoms with Crippen LogP contribution in [-0.2, 0) is 14.9 Å². The number of benzene rings is 1. The Bertz CT molecular complexity index is 544. The van der Waals surface area contributed by atoms with E-state index in [1.165, 1.54) is 16.7 Å². The highest BCUT2D eigenvalue weighted by Crippen LogP contribution is 2.52. The lowest BCUT2D eigenvalue weighted by atomic mass is 9.73. The van der Waals surface area contributed by atoms with Crippen molar-refractivity contribution >= 4 is 5.91 Å².